The van der Waals surface area contributed by atoms with Crippen molar-refractivity contribution in [2.24, 2.45) is 0 Å². The molecule has 0 aliphatic heterocycles. The maximum Gasteiger partial charge on any atom is 0.0377 e. The van der Waals surface area contributed by atoms with Gasteiger partial charge in [0.05, 0.1) is 0 Å². The Hall–Kier alpha value is -0.540. The van der Waals surface area contributed by atoms with Crippen LogP contribution >= 0.6 is 15.9 Å². The van der Waals surface area contributed by atoms with Crippen molar-refractivity contribution in [1.29, 1.82) is 0 Å². The Balaban J connectivity index is 2.83. The lowest BCUT2D eigenvalue weighted by Crippen LogP contribution is -2.24. The number of halogens is 1. The summed E-state index contributed by atoms with van der Waals surface area (Å²) in [6.45, 7) is 12.1. The summed E-state index contributed by atoms with van der Waals surface area (Å²) in [4.78, 5) is 2.42. The lowest BCUT2D eigenvalue weighted by atomic mass is 10.1. The fourth-order valence-electron chi connectivity index (χ4n) is 2.27. The van der Waals surface area contributed by atoms with E-state index in [1.165, 1.54) is 28.6 Å². The zero-order chi connectivity index (χ0) is 14.3. The Morgan fingerprint density at radius 2 is 1.95 bits per heavy atom. The molecular formula is C16H27BrN2. The Morgan fingerprint density at radius 3 is 2.47 bits per heavy atom. The van der Waals surface area contributed by atoms with Crippen molar-refractivity contribution in [2.75, 3.05) is 24.5 Å². The van der Waals surface area contributed by atoms with E-state index in [9.17, 15) is 0 Å². The number of hydrogen-bond acceptors (Lipinski definition) is 2. The van der Waals surface area contributed by atoms with Crippen LogP contribution in [0.1, 0.15) is 52.1 Å². The molecular weight excluding hydrogens is 300 g/mol. The van der Waals surface area contributed by atoms with Gasteiger partial charge in [0, 0.05) is 29.3 Å². The van der Waals surface area contributed by atoms with Crippen LogP contribution in [0.25, 0.3) is 0 Å². The number of hydrogen-bond donors (Lipinski definition) is 1. The van der Waals surface area contributed by atoms with Crippen LogP contribution in [0.5, 0.6) is 0 Å². The minimum Gasteiger partial charge on any atom is -0.372 e. The average molecular weight is 327 g/mol. The van der Waals surface area contributed by atoms with Gasteiger partial charge in [0.15, 0.2) is 0 Å². The average Bonchev–Trinajstić information content (AvgIpc) is 2.42. The highest BCUT2D eigenvalue weighted by Crippen LogP contribution is 2.28. The first-order valence-corrected chi connectivity index (χ1v) is 8.21. The van der Waals surface area contributed by atoms with Crippen molar-refractivity contribution in [1.82, 2.24) is 5.32 Å². The second kappa shape index (κ2) is 8.60. The first kappa shape index (κ1) is 16.5. The third kappa shape index (κ3) is 4.81. The number of benzene rings is 1. The molecule has 0 saturated heterocycles. The summed E-state index contributed by atoms with van der Waals surface area (Å²) in [5, 5.41) is 3.53. The van der Waals surface area contributed by atoms with E-state index in [2.05, 4.69) is 72.0 Å². The number of nitrogens with one attached hydrogen (secondary N) is 1. The summed E-state index contributed by atoms with van der Waals surface area (Å²) in [7, 11) is 0. The van der Waals surface area contributed by atoms with Crippen LogP contribution in [0.15, 0.2) is 22.7 Å². The molecule has 0 radical (unpaired) electrons. The van der Waals surface area contributed by atoms with Gasteiger partial charge < -0.3 is 10.2 Å². The molecule has 0 spiro atoms. The summed E-state index contributed by atoms with van der Waals surface area (Å²) in [6, 6.07) is 7.12. The lowest BCUT2D eigenvalue weighted by molar-refractivity contribution is 0.569. The molecule has 0 aliphatic rings. The summed E-state index contributed by atoms with van der Waals surface area (Å²) >= 11 is 3.72. The molecule has 0 aliphatic carbocycles. The quantitative estimate of drug-likeness (QED) is 0.741. The van der Waals surface area contributed by atoms with Crippen LogP contribution in [0.3, 0.4) is 0 Å². The van der Waals surface area contributed by atoms with Crippen LogP contribution in [0.2, 0.25) is 0 Å². The monoisotopic (exact) mass is 326 g/mol. The number of nitrogens with zero attached hydrogens (tertiary/aromatic N) is 1. The van der Waals surface area contributed by atoms with Crippen LogP contribution in [0, 0.1) is 0 Å². The molecule has 19 heavy (non-hydrogen) atoms. The molecule has 1 aromatic carbocycles. The highest BCUT2D eigenvalue weighted by atomic mass is 79.9. The predicted octanol–water partition coefficient (Wildman–Crippen LogP) is 4.75. The standard InChI is InChI=1S/C16H27BrN2/c1-5-10-18-13(4)15-9-8-14(12-16(15)17)19(7-3)11-6-2/h8-9,12-13,18H,5-7,10-11H2,1-4H3. The molecule has 3 heteroatoms. The van der Waals surface area contributed by atoms with Crippen LogP contribution in [0.4, 0.5) is 5.69 Å². The largest absolute Gasteiger partial charge is 0.372 e. The maximum atomic E-state index is 3.72. The predicted molar refractivity (Wildman–Crippen MR) is 89.0 cm³/mol. The SMILES string of the molecule is CCCNC(C)c1ccc(N(CC)CCC)cc1Br. The minimum atomic E-state index is 0.393. The van der Waals surface area contributed by atoms with Crippen molar-refractivity contribution >= 4 is 21.6 Å². The van der Waals surface area contributed by atoms with Gasteiger partial charge in [-0.05, 0) is 50.9 Å². The molecule has 1 N–H and O–H groups in total. The molecule has 0 fully saturated rings. The Labute approximate surface area is 126 Å². The van der Waals surface area contributed by atoms with E-state index in [4.69, 9.17) is 0 Å². The van der Waals surface area contributed by atoms with Crippen LogP contribution < -0.4 is 10.2 Å². The van der Waals surface area contributed by atoms with Crippen molar-refractivity contribution in [3.63, 3.8) is 0 Å². The molecule has 1 unspecified atom stereocenters. The molecule has 0 aromatic heterocycles. The summed E-state index contributed by atoms with van der Waals surface area (Å²) in [5.74, 6) is 0. The molecule has 1 aromatic rings. The topological polar surface area (TPSA) is 15.3 Å². The smallest absolute Gasteiger partial charge is 0.0377 e. The third-order valence-corrected chi connectivity index (χ3v) is 4.08. The molecule has 2 nitrogen and oxygen atoms in total. The Bertz CT molecular complexity index is 379. The molecule has 0 bridgehead atoms. The number of anilines is 1. The second-order valence-electron chi connectivity index (χ2n) is 4.96. The van der Waals surface area contributed by atoms with Gasteiger partial charge in [-0.3, -0.25) is 0 Å². The van der Waals surface area contributed by atoms with Gasteiger partial charge in [0.1, 0.15) is 0 Å². The third-order valence-electron chi connectivity index (χ3n) is 3.39. The molecule has 0 amide bonds. The van der Waals surface area contributed by atoms with E-state index in [-0.39, 0.29) is 0 Å². The van der Waals surface area contributed by atoms with Gasteiger partial charge in [0.25, 0.3) is 0 Å². The zero-order valence-corrected chi connectivity index (χ0v) is 14.3. The fourth-order valence-corrected chi connectivity index (χ4v) is 2.98. The van der Waals surface area contributed by atoms with Crippen molar-refractivity contribution in [2.45, 2.75) is 46.6 Å². The van der Waals surface area contributed by atoms with E-state index in [0.717, 1.165) is 19.6 Å². The summed E-state index contributed by atoms with van der Waals surface area (Å²) < 4.78 is 1.20. The molecule has 0 saturated carbocycles. The summed E-state index contributed by atoms with van der Waals surface area (Å²) in [5.41, 5.74) is 2.65. The van der Waals surface area contributed by atoms with Gasteiger partial charge >= 0.3 is 0 Å². The normalized spacial score (nSPS) is 12.5. The molecule has 108 valence electrons. The highest BCUT2D eigenvalue weighted by Gasteiger charge is 2.11. The van der Waals surface area contributed by atoms with Crippen LogP contribution in [-0.2, 0) is 0 Å². The molecule has 1 atom stereocenters. The fraction of sp³-hybridized carbons (Fsp3) is 0.625. The van der Waals surface area contributed by atoms with Crippen molar-refractivity contribution in [3.05, 3.63) is 28.2 Å². The molecule has 0 heterocycles. The van der Waals surface area contributed by atoms with Gasteiger partial charge in [-0.1, -0.05) is 35.8 Å². The van der Waals surface area contributed by atoms with E-state index >= 15 is 0 Å². The summed E-state index contributed by atoms with van der Waals surface area (Å²) in [6.07, 6.45) is 2.35. The Morgan fingerprint density at radius 1 is 1.21 bits per heavy atom. The van der Waals surface area contributed by atoms with E-state index < -0.39 is 0 Å². The highest BCUT2D eigenvalue weighted by molar-refractivity contribution is 9.10. The van der Waals surface area contributed by atoms with E-state index in [1.807, 2.05) is 0 Å². The van der Waals surface area contributed by atoms with Gasteiger partial charge in [-0.2, -0.15) is 0 Å². The van der Waals surface area contributed by atoms with E-state index in [0.29, 0.717) is 6.04 Å². The lowest BCUT2D eigenvalue weighted by Gasteiger charge is -2.24. The first-order chi connectivity index (χ1) is 9.13. The zero-order valence-electron chi connectivity index (χ0n) is 12.7. The maximum absolute atomic E-state index is 3.72. The number of rotatable bonds is 8. The second-order valence-corrected chi connectivity index (χ2v) is 5.82. The van der Waals surface area contributed by atoms with Gasteiger partial charge in [0.2, 0.25) is 0 Å². The minimum absolute atomic E-state index is 0.393. The first-order valence-electron chi connectivity index (χ1n) is 7.41. The van der Waals surface area contributed by atoms with Gasteiger partial charge in [-0.15, -0.1) is 0 Å². The Kier molecular flexibility index (Phi) is 7.47. The van der Waals surface area contributed by atoms with Crippen LogP contribution in [-0.4, -0.2) is 19.6 Å². The van der Waals surface area contributed by atoms with Crippen molar-refractivity contribution < 1.29 is 0 Å². The molecule has 1 rings (SSSR count). The van der Waals surface area contributed by atoms with E-state index in [1.54, 1.807) is 0 Å². The van der Waals surface area contributed by atoms with Gasteiger partial charge in [-0.25, -0.2) is 0 Å². The van der Waals surface area contributed by atoms with Crippen molar-refractivity contribution in [3.8, 4) is 0 Å².